The van der Waals surface area contributed by atoms with Crippen molar-refractivity contribution in [3.63, 3.8) is 0 Å². The number of amides is 1. The van der Waals surface area contributed by atoms with Crippen molar-refractivity contribution in [3.05, 3.63) is 30.3 Å². The molecule has 1 amide bonds. The van der Waals surface area contributed by atoms with Crippen LogP contribution in [0.4, 0.5) is 5.69 Å². The summed E-state index contributed by atoms with van der Waals surface area (Å²) in [5, 5.41) is 11.3. The van der Waals surface area contributed by atoms with Gasteiger partial charge in [0.15, 0.2) is 0 Å². The van der Waals surface area contributed by atoms with E-state index in [9.17, 15) is 14.7 Å². The second-order valence-electron chi connectivity index (χ2n) is 8.09. The SMILES string of the molecule is CCCCCCCCCCCCCCCC(=O)N(c1ccccc1)[C@H](C)C(=O)[O-].[Na+]. The first kappa shape index (κ1) is 29.2. The molecule has 0 aliphatic carbocycles. The zero-order valence-corrected chi connectivity index (χ0v) is 21.5. The zero-order valence-electron chi connectivity index (χ0n) is 19.5. The summed E-state index contributed by atoms with van der Waals surface area (Å²) < 4.78 is 0. The molecule has 30 heavy (non-hydrogen) atoms. The Morgan fingerprint density at radius 3 is 1.67 bits per heavy atom. The van der Waals surface area contributed by atoms with Gasteiger partial charge in [0.05, 0.1) is 12.0 Å². The number of carboxylic acid groups (broad SMARTS) is 1. The maximum absolute atomic E-state index is 12.6. The van der Waals surface area contributed by atoms with Gasteiger partial charge in [-0.2, -0.15) is 0 Å². The van der Waals surface area contributed by atoms with Gasteiger partial charge >= 0.3 is 29.6 Å². The van der Waals surface area contributed by atoms with Crippen molar-refractivity contribution in [2.75, 3.05) is 4.90 Å². The summed E-state index contributed by atoms with van der Waals surface area (Å²) in [6.07, 6.45) is 16.7. The second-order valence-corrected chi connectivity index (χ2v) is 8.09. The summed E-state index contributed by atoms with van der Waals surface area (Å²) in [4.78, 5) is 25.3. The van der Waals surface area contributed by atoms with Crippen LogP contribution in [-0.2, 0) is 9.59 Å². The third kappa shape index (κ3) is 12.8. The van der Waals surface area contributed by atoms with E-state index >= 15 is 0 Å². The molecule has 0 saturated carbocycles. The standard InChI is InChI=1S/C25H41NO3.Na/c1-3-4-5-6-7-8-9-10-11-12-13-14-18-21-24(27)26(22(2)25(28)29)23-19-16-15-17-20-23;/h15-17,19-20,22H,3-14,18,21H2,1-2H3,(H,28,29);/q;+1/p-1/t22-;/m1./s1. The van der Waals surface area contributed by atoms with Gasteiger partial charge in [-0.15, -0.1) is 0 Å². The number of para-hydroxylation sites is 1. The fraction of sp³-hybridized carbons (Fsp3) is 0.680. The van der Waals surface area contributed by atoms with Crippen molar-refractivity contribution < 1.29 is 44.3 Å². The van der Waals surface area contributed by atoms with E-state index in [1.54, 1.807) is 12.1 Å². The number of rotatable bonds is 17. The molecular formula is C25H40NNaO3. The Kier molecular flexibility index (Phi) is 18.4. The summed E-state index contributed by atoms with van der Waals surface area (Å²) in [7, 11) is 0. The molecule has 0 fully saturated rings. The van der Waals surface area contributed by atoms with Crippen LogP contribution in [0.5, 0.6) is 0 Å². The molecule has 0 aliphatic rings. The normalized spacial score (nSPS) is 11.5. The molecule has 4 nitrogen and oxygen atoms in total. The Labute approximate surface area is 206 Å². The minimum atomic E-state index is -1.23. The Morgan fingerprint density at radius 1 is 0.800 bits per heavy atom. The first-order valence-electron chi connectivity index (χ1n) is 11.7. The van der Waals surface area contributed by atoms with Crippen molar-refractivity contribution in [2.45, 2.75) is 110 Å². The van der Waals surface area contributed by atoms with E-state index in [4.69, 9.17) is 0 Å². The van der Waals surface area contributed by atoms with E-state index in [1.165, 1.54) is 76.0 Å². The largest absolute Gasteiger partial charge is 1.00 e. The van der Waals surface area contributed by atoms with Crippen LogP contribution in [0.2, 0.25) is 0 Å². The number of anilines is 1. The molecule has 164 valence electrons. The van der Waals surface area contributed by atoms with Gasteiger partial charge in [0.25, 0.3) is 0 Å². The molecule has 1 rings (SSSR count). The number of hydrogen-bond acceptors (Lipinski definition) is 3. The van der Waals surface area contributed by atoms with Gasteiger partial charge in [-0.1, -0.05) is 102 Å². The van der Waals surface area contributed by atoms with E-state index in [0.717, 1.165) is 19.3 Å². The molecule has 5 heteroatoms. The average molecular weight is 426 g/mol. The predicted octanol–water partition coefficient (Wildman–Crippen LogP) is 2.64. The molecule has 1 aromatic carbocycles. The number of hydrogen-bond donors (Lipinski definition) is 0. The minimum absolute atomic E-state index is 0. The Bertz CT molecular complexity index is 565. The van der Waals surface area contributed by atoms with E-state index in [2.05, 4.69) is 6.92 Å². The molecule has 0 spiro atoms. The van der Waals surface area contributed by atoms with Crippen molar-refractivity contribution in [1.82, 2.24) is 0 Å². The quantitative estimate of drug-likeness (QED) is 0.285. The van der Waals surface area contributed by atoms with Gasteiger partial charge in [-0.25, -0.2) is 0 Å². The number of nitrogens with zero attached hydrogens (tertiary/aromatic N) is 1. The van der Waals surface area contributed by atoms with Crippen molar-refractivity contribution in [2.24, 2.45) is 0 Å². The first-order chi connectivity index (χ1) is 14.1. The van der Waals surface area contributed by atoms with Crippen LogP contribution in [0.25, 0.3) is 0 Å². The second kappa shape index (κ2) is 18.9. The van der Waals surface area contributed by atoms with Crippen LogP contribution < -0.4 is 39.6 Å². The molecule has 0 aromatic heterocycles. The number of carbonyl (C=O) groups is 2. The molecular weight excluding hydrogens is 385 g/mol. The van der Waals surface area contributed by atoms with Crippen molar-refractivity contribution >= 4 is 17.6 Å². The predicted molar refractivity (Wildman–Crippen MR) is 119 cm³/mol. The molecule has 0 saturated heterocycles. The average Bonchev–Trinajstić information content (AvgIpc) is 2.72. The van der Waals surface area contributed by atoms with Crippen LogP contribution in [0, 0.1) is 0 Å². The Balaban J connectivity index is 0.00000841. The monoisotopic (exact) mass is 425 g/mol. The summed E-state index contributed by atoms with van der Waals surface area (Å²) in [6.45, 7) is 3.76. The summed E-state index contributed by atoms with van der Waals surface area (Å²) in [5.41, 5.74) is 0.615. The van der Waals surface area contributed by atoms with E-state index in [-0.39, 0.29) is 35.5 Å². The van der Waals surface area contributed by atoms with Gasteiger partial charge in [-0.3, -0.25) is 4.79 Å². The maximum Gasteiger partial charge on any atom is 1.00 e. The molecule has 0 unspecified atom stereocenters. The zero-order chi connectivity index (χ0) is 21.3. The summed E-state index contributed by atoms with van der Waals surface area (Å²) in [6, 6.07) is 8.03. The van der Waals surface area contributed by atoms with Crippen molar-refractivity contribution in [1.29, 1.82) is 0 Å². The van der Waals surface area contributed by atoms with Crippen LogP contribution >= 0.6 is 0 Å². The third-order valence-electron chi connectivity index (χ3n) is 5.53. The molecule has 0 aliphatic heterocycles. The number of unbranched alkanes of at least 4 members (excludes halogenated alkanes) is 12. The molecule has 0 radical (unpaired) electrons. The minimum Gasteiger partial charge on any atom is -0.548 e. The fourth-order valence-corrected chi connectivity index (χ4v) is 3.69. The third-order valence-corrected chi connectivity index (χ3v) is 5.53. The van der Waals surface area contributed by atoms with Gasteiger partial charge in [0.1, 0.15) is 0 Å². The maximum atomic E-state index is 12.6. The topological polar surface area (TPSA) is 60.4 Å². The summed E-state index contributed by atoms with van der Waals surface area (Å²) >= 11 is 0. The molecule has 1 aromatic rings. The number of carbonyl (C=O) groups excluding carboxylic acids is 2. The number of aliphatic carboxylic acids is 1. The molecule has 0 bridgehead atoms. The van der Waals surface area contributed by atoms with Crippen LogP contribution in [0.3, 0.4) is 0 Å². The molecule has 0 N–H and O–H groups in total. The van der Waals surface area contributed by atoms with Gasteiger partial charge in [0, 0.05) is 12.1 Å². The molecule has 1 atom stereocenters. The Morgan fingerprint density at radius 2 is 1.23 bits per heavy atom. The smallest absolute Gasteiger partial charge is 0.548 e. The van der Waals surface area contributed by atoms with Crippen LogP contribution in [-0.4, -0.2) is 17.9 Å². The van der Waals surface area contributed by atoms with Crippen LogP contribution in [0.1, 0.15) is 104 Å². The van der Waals surface area contributed by atoms with E-state index in [1.807, 2.05) is 18.2 Å². The van der Waals surface area contributed by atoms with E-state index in [0.29, 0.717) is 12.1 Å². The first-order valence-corrected chi connectivity index (χ1v) is 11.7. The fourth-order valence-electron chi connectivity index (χ4n) is 3.69. The number of carboxylic acids is 1. The van der Waals surface area contributed by atoms with Crippen molar-refractivity contribution in [3.8, 4) is 0 Å². The molecule has 0 heterocycles. The summed E-state index contributed by atoms with van der Waals surface area (Å²) in [5.74, 6) is -1.37. The number of benzene rings is 1. The van der Waals surface area contributed by atoms with Gasteiger partial charge < -0.3 is 14.8 Å². The Hall–Kier alpha value is -0.840. The van der Waals surface area contributed by atoms with Gasteiger partial charge in [0.2, 0.25) is 5.91 Å². The van der Waals surface area contributed by atoms with Gasteiger partial charge in [-0.05, 0) is 25.5 Å². The van der Waals surface area contributed by atoms with Crippen LogP contribution in [0.15, 0.2) is 30.3 Å². The van der Waals surface area contributed by atoms with E-state index < -0.39 is 12.0 Å².